The molecular formula is C18H33NO2. The summed E-state index contributed by atoms with van der Waals surface area (Å²) in [6.45, 7) is 7.68. The summed E-state index contributed by atoms with van der Waals surface area (Å²) in [5.41, 5.74) is 0. The van der Waals surface area contributed by atoms with E-state index in [1.54, 1.807) is 0 Å². The number of hydrogen-bond acceptors (Lipinski definition) is 2. The van der Waals surface area contributed by atoms with Gasteiger partial charge in [-0.05, 0) is 40.0 Å². The van der Waals surface area contributed by atoms with Gasteiger partial charge in [0.1, 0.15) is 0 Å². The molecule has 3 nitrogen and oxygen atoms in total. The maximum atomic E-state index is 12.2. The molecule has 1 heterocycles. The molecule has 1 aliphatic heterocycles. The average Bonchev–Trinajstić information content (AvgIpc) is 2.44. The summed E-state index contributed by atoms with van der Waals surface area (Å²) in [7, 11) is 0. The number of ether oxygens (including phenoxy) is 1. The number of rotatable bonds is 9. The van der Waals surface area contributed by atoms with Crippen molar-refractivity contribution in [2.24, 2.45) is 0 Å². The summed E-state index contributed by atoms with van der Waals surface area (Å²) in [5, 5.41) is 0. The number of hydrogen-bond donors (Lipinski definition) is 0. The number of nitrogens with zero attached hydrogens (tertiary/aromatic N) is 1. The molecule has 0 aromatic heterocycles. The first-order valence-electron chi connectivity index (χ1n) is 8.68. The number of carbonyl (C=O) groups is 1. The summed E-state index contributed by atoms with van der Waals surface area (Å²) in [5.74, 6) is 0.310. The second-order valence-electron chi connectivity index (χ2n) is 6.29. The molecule has 1 fully saturated rings. The SMILES string of the molecule is CC=CCCCCCCCCC(=O)N1CC(C)OC(C)C1. The van der Waals surface area contributed by atoms with Gasteiger partial charge in [0, 0.05) is 19.5 Å². The standard InChI is InChI=1S/C18H33NO2/c1-4-5-6-7-8-9-10-11-12-13-18(20)19-14-16(2)21-17(3)15-19/h4-5,16-17H,6-15H2,1-3H3. The maximum Gasteiger partial charge on any atom is 0.222 e. The van der Waals surface area contributed by atoms with E-state index in [1.165, 1.54) is 38.5 Å². The molecule has 2 unspecified atom stereocenters. The van der Waals surface area contributed by atoms with Gasteiger partial charge in [0.05, 0.1) is 12.2 Å². The Hall–Kier alpha value is -0.830. The van der Waals surface area contributed by atoms with Crippen LogP contribution in [0.2, 0.25) is 0 Å². The van der Waals surface area contributed by atoms with Crippen molar-refractivity contribution in [2.75, 3.05) is 13.1 Å². The van der Waals surface area contributed by atoms with Gasteiger partial charge in [-0.2, -0.15) is 0 Å². The third kappa shape index (κ3) is 8.25. The number of unbranched alkanes of at least 4 members (excludes halogenated alkanes) is 6. The van der Waals surface area contributed by atoms with Crippen LogP contribution in [0.5, 0.6) is 0 Å². The lowest BCUT2D eigenvalue weighted by Gasteiger charge is -2.35. The molecule has 2 atom stereocenters. The van der Waals surface area contributed by atoms with Crippen molar-refractivity contribution in [1.82, 2.24) is 4.90 Å². The predicted octanol–water partition coefficient (Wildman–Crippen LogP) is 4.32. The molecule has 1 amide bonds. The maximum absolute atomic E-state index is 12.2. The Balaban J connectivity index is 2.00. The zero-order valence-corrected chi connectivity index (χ0v) is 14.1. The van der Waals surface area contributed by atoms with Gasteiger partial charge < -0.3 is 9.64 Å². The summed E-state index contributed by atoms with van der Waals surface area (Å²) >= 11 is 0. The third-order valence-electron chi connectivity index (χ3n) is 4.02. The second kappa shape index (κ2) is 10.8. The first kappa shape index (κ1) is 18.2. The van der Waals surface area contributed by atoms with Gasteiger partial charge in [-0.15, -0.1) is 0 Å². The lowest BCUT2D eigenvalue weighted by atomic mass is 10.1. The molecule has 122 valence electrons. The Morgan fingerprint density at radius 1 is 1.05 bits per heavy atom. The zero-order chi connectivity index (χ0) is 15.5. The quantitative estimate of drug-likeness (QED) is 0.468. The van der Waals surface area contributed by atoms with E-state index < -0.39 is 0 Å². The van der Waals surface area contributed by atoms with Gasteiger partial charge in [0.2, 0.25) is 5.91 Å². The molecule has 0 N–H and O–H groups in total. The van der Waals surface area contributed by atoms with Crippen LogP contribution in [0.3, 0.4) is 0 Å². The highest BCUT2D eigenvalue weighted by Crippen LogP contribution is 2.14. The molecule has 3 heteroatoms. The van der Waals surface area contributed by atoms with E-state index in [2.05, 4.69) is 19.1 Å². The molecule has 0 bridgehead atoms. The number of carbonyl (C=O) groups excluding carboxylic acids is 1. The van der Waals surface area contributed by atoms with Gasteiger partial charge in [0.15, 0.2) is 0 Å². The highest BCUT2D eigenvalue weighted by Gasteiger charge is 2.25. The molecule has 21 heavy (non-hydrogen) atoms. The normalized spacial score (nSPS) is 22.9. The van der Waals surface area contributed by atoms with Gasteiger partial charge in [-0.3, -0.25) is 4.79 Å². The van der Waals surface area contributed by atoms with Crippen molar-refractivity contribution in [3.8, 4) is 0 Å². The molecular weight excluding hydrogens is 262 g/mol. The highest BCUT2D eigenvalue weighted by atomic mass is 16.5. The predicted molar refractivity (Wildman–Crippen MR) is 88.3 cm³/mol. The monoisotopic (exact) mass is 295 g/mol. The zero-order valence-electron chi connectivity index (χ0n) is 14.1. The van der Waals surface area contributed by atoms with Gasteiger partial charge in [-0.25, -0.2) is 0 Å². The minimum absolute atomic E-state index is 0.176. The van der Waals surface area contributed by atoms with E-state index >= 15 is 0 Å². The van der Waals surface area contributed by atoms with Gasteiger partial charge in [-0.1, -0.05) is 37.8 Å². The van der Waals surface area contributed by atoms with Crippen molar-refractivity contribution in [2.45, 2.75) is 84.3 Å². The van der Waals surface area contributed by atoms with Crippen LogP contribution in [-0.4, -0.2) is 36.1 Å². The third-order valence-corrected chi connectivity index (χ3v) is 4.02. The molecule has 0 radical (unpaired) electrons. The Labute approximate surface area is 130 Å². The topological polar surface area (TPSA) is 29.5 Å². The van der Waals surface area contributed by atoms with E-state index in [1.807, 2.05) is 18.7 Å². The van der Waals surface area contributed by atoms with Crippen LogP contribution in [0.4, 0.5) is 0 Å². The smallest absolute Gasteiger partial charge is 0.222 e. The number of allylic oxidation sites excluding steroid dienone is 2. The number of morpholine rings is 1. The van der Waals surface area contributed by atoms with Crippen LogP contribution in [0.1, 0.15) is 72.1 Å². The molecule has 0 aromatic carbocycles. The van der Waals surface area contributed by atoms with Crippen molar-refractivity contribution < 1.29 is 9.53 Å². The fraction of sp³-hybridized carbons (Fsp3) is 0.833. The van der Waals surface area contributed by atoms with Crippen molar-refractivity contribution in [3.63, 3.8) is 0 Å². The van der Waals surface area contributed by atoms with Crippen LogP contribution in [-0.2, 0) is 9.53 Å². The van der Waals surface area contributed by atoms with Crippen LogP contribution in [0.25, 0.3) is 0 Å². The highest BCUT2D eigenvalue weighted by molar-refractivity contribution is 5.76. The minimum Gasteiger partial charge on any atom is -0.372 e. The average molecular weight is 295 g/mol. The molecule has 0 aromatic rings. The molecule has 1 aliphatic rings. The molecule has 0 saturated carbocycles. The van der Waals surface area contributed by atoms with Crippen molar-refractivity contribution in [1.29, 1.82) is 0 Å². The fourth-order valence-corrected chi connectivity index (χ4v) is 2.95. The summed E-state index contributed by atoms with van der Waals surface area (Å²) in [6.07, 6.45) is 14.0. The molecule has 1 rings (SSSR count). The summed E-state index contributed by atoms with van der Waals surface area (Å²) < 4.78 is 5.67. The van der Waals surface area contributed by atoms with Gasteiger partial charge >= 0.3 is 0 Å². The van der Waals surface area contributed by atoms with Crippen molar-refractivity contribution in [3.05, 3.63) is 12.2 Å². The van der Waals surface area contributed by atoms with E-state index in [4.69, 9.17) is 4.74 Å². The lowest BCUT2D eigenvalue weighted by molar-refractivity contribution is -0.143. The second-order valence-corrected chi connectivity index (χ2v) is 6.29. The number of amides is 1. The molecule has 0 aliphatic carbocycles. The van der Waals surface area contributed by atoms with E-state index in [0.29, 0.717) is 12.3 Å². The fourth-order valence-electron chi connectivity index (χ4n) is 2.95. The summed E-state index contributed by atoms with van der Waals surface area (Å²) in [4.78, 5) is 14.1. The Morgan fingerprint density at radius 2 is 1.62 bits per heavy atom. The molecule has 0 spiro atoms. The van der Waals surface area contributed by atoms with Crippen LogP contribution in [0.15, 0.2) is 12.2 Å². The van der Waals surface area contributed by atoms with Crippen LogP contribution in [0, 0.1) is 0 Å². The Kier molecular flexibility index (Phi) is 9.40. The first-order valence-corrected chi connectivity index (χ1v) is 8.68. The Bertz CT molecular complexity index is 304. The van der Waals surface area contributed by atoms with Crippen LogP contribution < -0.4 is 0 Å². The van der Waals surface area contributed by atoms with Crippen molar-refractivity contribution >= 4 is 5.91 Å². The molecule has 1 saturated heterocycles. The van der Waals surface area contributed by atoms with E-state index in [-0.39, 0.29) is 12.2 Å². The Morgan fingerprint density at radius 3 is 2.24 bits per heavy atom. The summed E-state index contributed by atoms with van der Waals surface area (Å²) in [6, 6.07) is 0. The van der Waals surface area contributed by atoms with Crippen LogP contribution >= 0.6 is 0 Å². The first-order chi connectivity index (χ1) is 10.1. The lowest BCUT2D eigenvalue weighted by Crippen LogP contribution is -2.48. The van der Waals surface area contributed by atoms with E-state index in [0.717, 1.165) is 19.5 Å². The van der Waals surface area contributed by atoms with E-state index in [9.17, 15) is 4.79 Å². The largest absolute Gasteiger partial charge is 0.372 e. The van der Waals surface area contributed by atoms with Gasteiger partial charge in [0.25, 0.3) is 0 Å². The minimum atomic E-state index is 0.176.